The quantitative estimate of drug-likeness (QED) is 0.200. The Morgan fingerprint density at radius 2 is 1.75 bits per heavy atom. The highest BCUT2D eigenvalue weighted by atomic mass is 16.4. The number of hydrogen-bond acceptors (Lipinski definition) is 8. The highest BCUT2D eigenvalue weighted by Gasteiger charge is 2.39. The molecule has 8 N–H and O–H groups in total. The minimum atomic E-state index is -1.60. The van der Waals surface area contributed by atoms with Crippen LogP contribution in [0.5, 0.6) is 0 Å². The molecule has 1 heterocycles. The van der Waals surface area contributed by atoms with Crippen LogP contribution in [0.1, 0.15) is 26.7 Å². The van der Waals surface area contributed by atoms with Crippen molar-refractivity contribution in [3.63, 3.8) is 0 Å². The molecule has 28 heavy (non-hydrogen) atoms. The van der Waals surface area contributed by atoms with Crippen molar-refractivity contribution in [3.05, 3.63) is 0 Å². The lowest BCUT2D eigenvalue weighted by atomic mass is 10.1. The third kappa shape index (κ3) is 5.86. The summed E-state index contributed by atoms with van der Waals surface area (Å²) in [5.74, 6) is -3.81. The number of carboxylic acids is 1. The molecule has 0 aliphatic carbocycles. The number of likely N-dealkylation sites (tertiary alicyclic amines) is 1. The minimum absolute atomic E-state index is 0.245. The molecule has 0 saturated carbocycles. The Morgan fingerprint density at radius 3 is 2.21 bits per heavy atom. The van der Waals surface area contributed by atoms with Crippen molar-refractivity contribution in [1.29, 1.82) is 0 Å². The second kappa shape index (κ2) is 10.3. The van der Waals surface area contributed by atoms with Crippen LogP contribution in [0.3, 0.4) is 0 Å². The minimum Gasteiger partial charge on any atom is -0.480 e. The van der Waals surface area contributed by atoms with E-state index in [-0.39, 0.29) is 6.54 Å². The predicted molar refractivity (Wildman–Crippen MR) is 94.7 cm³/mol. The van der Waals surface area contributed by atoms with Gasteiger partial charge in [-0.25, -0.2) is 4.79 Å². The first-order valence-electron chi connectivity index (χ1n) is 8.87. The number of carbonyl (C=O) groups is 4. The number of rotatable bonds is 9. The van der Waals surface area contributed by atoms with Gasteiger partial charge >= 0.3 is 5.97 Å². The third-order valence-corrected chi connectivity index (χ3v) is 4.50. The molecule has 3 amide bonds. The number of hydrogen-bond donors (Lipinski definition) is 7. The van der Waals surface area contributed by atoms with Gasteiger partial charge in [0.2, 0.25) is 17.7 Å². The molecule has 1 saturated heterocycles. The Kier molecular flexibility index (Phi) is 8.75. The fourth-order valence-electron chi connectivity index (χ4n) is 2.80. The van der Waals surface area contributed by atoms with Crippen molar-refractivity contribution in [3.8, 4) is 0 Å². The van der Waals surface area contributed by atoms with Crippen LogP contribution in [0.4, 0.5) is 0 Å². The normalized spacial score (nSPS) is 21.9. The first-order valence-corrected chi connectivity index (χ1v) is 8.87. The van der Waals surface area contributed by atoms with Crippen LogP contribution in [0.2, 0.25) is 0 Å². The number of nitrogens with two attached hydrogens (primary N) is 1. The summed E-state index contributed by atoms with van der Waals surface area (Å²) in [6, 6.07) is -5.24. The van der Waals surface area contributed by atoms with E-state index in [4.69, 9.17) is 15.9 Å². The van der Waals surface area contributed by atoms with Crippen LogP contribution in [0.15, 0.2) is 0 Å². The summed E-state index contributed by atoms with van der Waals surface area (Å²) >= 11 is 0. The lowest BCUT2D eigenvalue weighted by Gasteiger charge is -2.29. The summed E-state index contributed by atoms with van der Waals surface area (Å²) in [7, 11) is 0. The lowest BCUT2D eigenvalue weighted by molar-refractivity contribution is -0.145. The molecule has 1 rings (SSSR count). The standard InChI is InChI=1S/C16H28N4O8/c1-7(22)11(17)15(26)20-5-3-4-10(20)13(24)19-12(8(2)23)14(25)18-9(6-21)16(27)28/h7-12,21-23H,3-6,17H2,1-2H3,(H,18,25)(H,19,24)(H,27,28). The summed E-state index contributed by atoms with van der Waals surface area (Å²) in [4.78, 5) is 49.3. The van der Waals surface area contributed by atoms with Crippen molar-refractivity contribution < 1.29 is 39.6 Å². The summed E-state index contributed by atoms with van der Waals surface area (Å²) in [6.07, 6.45) is -1.68. The topological polar surface area (TPSA) is 203 Å². The van der Waals surface area contributed by atoms with E-state index in [2.05, 4.69) is 5.32 Å². The van der Waals surface area contributed by atoms with Gasteiger partial charge in [-0.3, -0.25) is 14.4 Å². The summed E-state index contributed by atoms with van der Waals surface area (Å²) in [5.41, 5.74) is 5.64. The first-order chi connectivity index (χ1) is 13.0. The van der Waals surface area contributed by atoms with Gasteiger partial charge in [0.05, 0.1) is 18.8 Å². The Morgan fingerprint density at radius 1 is 1.14 bits per heavy atom. The van der Waals surface area contributed by atoms with E-state index in [1.54, 1.807) is 0 Å². The van der Waals surface area contributed by atoms with Gasteiger partial charge in [-0.15, -0.1) is 0 Å². The molecule has 12 heteroatoms. The fourth-order valence-corrected chi connectivity index (χ4v) is 2.80. The van der Waals surface area contributed by atoms with Crippen LogP contribution in [-0.4, -0.2) is 98.5 Å². The summed E-state index contributed by atoms with van der Waals surface area (Å²) < 4.78 is 0. The molecular formula is C16H28N4O8. The number of aliphatic carboxylic acids is 1. The molecule has 0 bridgehead atoms. The van der Waals surface area contributed by atoms with E-state index in [0.29, 0.717) is 12.8 Å². The molecule has 1 aliphatic rings. The van der Waals surface area contributed by atoms with Crippen LogP contribution in [0.25, 0.3) is 0 Å². The number of amides is 3. The van der Waals surface area contributed by atoms with Gasteiger partial charge in [0.15, 0.2) is 0 Å². The summed E-state index contributed by atoms with van der Waals surface area (Å²) in [6.45, 7) is 1.94. The molecule has 6 unspecified atom stereocenters. The van der Waals surface area contributed by atoms with Crippen molar-refractivity contribution in [1.82, 2.24) is 15.5 Å². The average Bonchev–Trinajstić information content (AvgIpc) is 3.11. The first kappa shape index (κ1) is 23.8. The number of aliphatic hydroxyl groups excluding tert-OH is 3. The highest BCUT2D eigenvalue weighted by molar-refractivity contribution is 5.94. The molecule has 12 nitrogen and oxygen atoms in total. The van der Waals surface area contributed by atoms with Crippen molar-refractivity contribution in [2.75, 3.05) is 13.2 Å². The Bertz CT molecular complexity index is 597. The van der Waals surface area contributed by atoms with Gasteiger partial charge < -0.3 is 41.7 Å². The molecule has 0 radical (unpaired) electrons. The number of carboxylic acid groups (broad SMARTS) is 1. The number of carbonyl (C=O) groups excluding carboxylic acids is 3. The van der Waals surface area contributed by atoms with E-state index in [9.17, 15) is 29.4 Å². The second-order valence-corrected chi connectivity index (χ2v) is 6.76. The van der Waals surface area contributed by atoms with Gasteiger partial charge in [-0.1, -0.05) is 0 Å². The number of nitrogens with zero attached hydrogens (tertiary/aromatic N) is 1. The largest absolute Gasteiger partial charge is 0.480 e. The zero-order chi connectivity index (χ0) is 21.6. The molecule has 0 aromatic rings. The van der Waals surface area contributed by atoms with E-state index in [0.717, 1.165) is 0 Å². The van der Waals surface area contributed by atoms with E-state index >= 15 is 0 Å². The average molecular weight is 404 g/mol. The maximum absolute atomic E-state index is 12.6. The molecule has 1 aliphatic heterocycles. The van der Waals surface area contributed by atoms with Gasteiger partial charge in [-0.2, -0.15) is 0 Å². The molecule has 160 valence electrons. The maximum atomic E-state index is 12.6. The molecule has 0 spiro atoms. The van der Waals surface area contributed by atoms with Crippen LogP contribution in [-0.2, 0) is 19.2 Å². The van der Waals surface area contributed by atoms with Crippen LogP contribution < -0.4 is 16.4 Å². The van der Waals surface area contributed by atoms with E-state index in [1.165, 1.54) is 18.7 Å². The second-order valence-electron chi connectivity index (χ2n) is 6.76. The van der Waals surface area contributed by atoms with Crippen LogP contribution >= 0.6 is 0 Å². The SMILES string of the molecule is CC(O)C(N)C(=O)N1CCCC1C(=O)NC(C(=O)NC(CO)C(=O)O)C(C)O. The fraction of sp³-hybridized carbons (Fsp3) is 0.750. The van der Waals surface area contributed by atoms with E-state index in [1.807, 2.05) is 5.32 Å². The third-order valence-electron chi connectivity index (χ3n) is 4.50. The molecule has 1 fully saturated rings. The van der Waals surface area contributed by atoms with Gasteiger partial charge in [0, 0.05) is 6.54 Å². The number of aliphatic hydroxyl groups is 3. The molecular weight excluding hydrogens is 376 g/mol. The van der Waals surface area contributed by atoms with E-state index < -0.39 is 66.7 Å². The van der Waals surface area contributed by atoms with Gasteiger partial charge in [0.1, 0.15) is 24.2 Å². The van der Waals surface area contributed by atoms with Crippen molar-refractivity contribution in [2.45, 2.75) is 63.1 Å². The monoisotopic (exact) mass is 404 g/mol. The summed E-state index contributed by atoms with van der Waals surface area (Å²) in [5, 5.41) is 41.5. The van der Waals surface area contributed by atoms with Crippen molar-refractivity contribution in [2.24, 2.45) is 5.73 Å². The molecule has 6 atom stereocenters. The zero-order valence-corrected chi connectivity index (χ0v) is 15.7. The molecule has 0 aromatic carbocycles. The number of nitrogens with one attached hydrogen (secondary N) is 2. The highest BCUT2D eigenvalue weighted by Crippen LogP contribution is 2.19. The Labute approximate surface area is 161 Å². The smallest absolute Gasteiger partial charge is 0.328 e. The van der Waals surface area contributed by atoms with Crippen molar-refractivity contribution >= 4 is 23.7 Å². The maximum Gasteiger partial charge on any atom is 0.328 e. The Hall–Kier alpha value is -2.28. The Balaban J connectivity index is 2.86. The zero-order valence-electron chi connectivity index (χ0n) is 15.7. The lowest BCUT2D eigenvalue weighted by Crippen LogP contribution is -2.60. The molecule has 0 aromatic heterocycles. The van der Waals surface area contributed by atoms with Gasteiger partial charge in [0.25, 0.3) is 0 Å². The van der Waals surface area contributed by atoms with Crippen LogP contribution in [0, 0.1) is 0 Å². The predicted octanol–water partition coefficient (Wildman–Crippen LogP) is -3.89. The van der Waals surface area contributed by atoms with Gasteiger partial charge in [-0.05, 0) is 26.7 Å².